The van der Waals surface area contributed by atoms with Crippen LogP contribution in [-0.2, 0) is 14.8 Å². The molecule has 0 spiro atoms. The summed E-state index contributed by atoms with van der Waals surface area (Å²) in [5, 5.41) is 3.08. The predicted molar refractivity (Wildman–Crippen MR) is 110 cm³/mol. The van der Waals surface area contributed by atoms with Crippen molar-refractivity contribution < 1.29 is 22.7 Å². The van der Waals surface area contributed by atoms with Crippen LogP contribution in [0.1, 0.15) is 5.56 Å². The second-order valence-electron chi connectivity index (χ2n) is 6.03. The molecule has 0 radical (unpaired) electrons. The van der Waals surface area contributed by atoms with Crippen molar-refractivity contribution in [1.82, 2.24) is 5.32 Å². The molecule has 1 N–H and O–H groups in total. The van der Waals surface area contributed by atoms with E-state index in [0.717, 1.165) is 16.3 Å². The van der Waals surface area contributed by atoms with Gasteiger partial charge in [-0.05, 0) is 48.9 Å². The number of sulfonamides is 1. The molecule has 1 amide bonds. The monoisotopic (exact) mass is 426 g/mol. The number of anilines is 1. The molecule has 0 bridgehead atoms. The number of nitrogens with one attached hydrogen (secondary N) is 1. The van der Waals surface area contributed by atoms with Gasteiger partial charge in [-0.2, -0.15) is 0 Å². The third-order valence-electron chi connectivity index (χ3n) is 3.95. The summed E-state index contributed by atoms with van der Waals surface area (Å²) in [6.07, 6.45) is 1.05. The van der Waals surface area contributed by atoms with Gasteiger partial charge in [0.15, 0.2) is 0 Å². The van der Waals surface area contributed by atoms with Crippen LogP contribution < -0.4 is 19.1 Å². The molecule has 0 aromatic heterocycles. The van der Waals surface area contributed by atoms with Crippen molar-refractivity contribution in [2.24, 2.45) is 0 Å². The smallest absolute Gasteiger partial charge is 0.240 e. The highest BCUT2D eigenvalue weighted by Crippen LogP contribution is 2.27. The average Bonchev–Trinajstić information content (AvgIpc) is 2.65. The number of nitrogens with zero attached hydrogens (tertiary/aromatic N) is 1. The molecular formula is C19H23ClN2O5S. The summed E-state index contributed by atoms with van der Waals surface area (Å²) in [5.74, 6) is 0.920. The van der Waals surface area contributed by atoms with E-state index in [1.807, 2.05) is 0 Å². The van der Waals surface area contributed by atoms with Crippen molar-refractivity contribution in [2.45, 2.75) is 6.92 Å². The molecular weight excluding hydrogens is 404 g/mol. The minimum Gasteiger partial charge on any atom is -0.497 e. The number of methoxy groups -OCH3 is 1. The van der Waals surface area contributed by atoms with Gasteiger partial charge in [-0.15, -0.1) is 0 Å². The molecule has 9 heteroatoms. The standard InChI is InChI=1S/C19H23ClN2O5S/c1-14-17(20)5-4-6-18(14)22(28(3,24)25)13-19(23)21-11-12-27-16-9-7-15(26-2)8-10-16/h4-10H,11-13H2,1-3H3,(H,21,23). The Kier molecular flexibility index (Phi) is 7.53. The van der Waals surface area contributed by atoms with Crippen molar-refractivity contribution in [3.05, 3.63) is 53.1 Å². The fourth-order valence-corrected chi connectivity index (χ4v) is 3.54. The number of hydrogen-bond acceptors (Lipinski definition) is 5. The Labute approximate surface area is 170 Å². The van der Waals surface area contributed by atoms with Gasteiger partial charge in [0, 0.05) is 5.02 Å². The number of ether oxygens (including phenoxy) is 2. The van der Waals surface area contributed by atoms with Crippen molar-refractivity contribution >= 4 is 33.2 Å². The number of hydrogen-bond donors (Lipinski definition) is 1. The maximum atomic E-state index is 12.2. The second kappa shape index (κ2) is 9.66. The van der Waals surface area contributed by atoms with Gasteiger partial charge in [-0.25, -0.2) is 8.42 Å². The van der Waals surface area contributed by atoms with E-state index in [1.54, 1.807) is 56.5 Å². The summed E-state index contributed by atoms with van der Waals surface area (Å²) in [6, 6.07) is 12.0. The van der Waals surface area contributed by atoms with Gasteiger partial charge in [0.2, 0.25) is 15.9 Å². The summed E-state index contributed by atoms with van der Waals surface area (Å²) in [6.45, 7) is 1.84. The Morgan fingerprint density at radius 1 is 1.14 bits per heavy atom. The average molecular weight is 427 g/mol. The number of amides is 1. The summed E-state index contributed by atoms with van der Waals surface area (Å²) < 4.78 is 36.0. The summed E-state index contributed by atoms with van der Waals surface area (Å²) >= 11 is 6.08. The zero-order chi connectivity index (χ0) is 20.7. The lowest BCUT2D eigenvalue weighted by atomic mass is 10.2. The topological polar surface area (TPSA) is 84.9 Å². The lowest BCUT2D eigenvalue weighted by molar-refractivity contribution is -0.119. The fraction of sp³-hybridized carbons (Fsp3) is 0.316. The van der Waals surface area contributed by atoms with Crippen LogP contribution >= 0.6 is 11.6 Å². The molecule has 0 unspecified atom stereocenters. The second-order valence-corrected chi connectivity index (χ2v) is 8.34. The highest BCUT2D eigenvalue weighted by atomic mass is 35.5. The molecule has 152 valence electrons. The van der Waals surface area contributed by atoms with E-state index in [4.69, 9.17) is 21.1 Å². The molecule has 0 fully saturated rings. The Bertz CT molecular complexity index is 916. The molecule has 28 heavy (non-hydrogen) atoms. The molecule has 0 atom stereocenters. The van der Waals surface area contributed by atoms with Gasteiger partial charge in [0.05, 0.1) is 25.6 Å². The van der Waals surface area contributed by atoms with Gasteiger partial charge >= 0.3 is 0 Å². The third-order valence-corrected chi connectivity index (χ3v) is 5.48. The molecule has 0 aliphatic rings. The Hall–Kier alpha value is -2.45. The Balaban J connectivity index is 1.92. The van der Waals surface area contributed by atoms with Crippen LogP contribution in [0.4, 0.5) is 5.69 Å². The van der Waals surface area contributed by atoms with Gasteiger partial charge in [-0.3, -0.25) is 9.10 Å². The number of rotatable bonds is 9. The summed E-state index contributed by atoms with van der Waals surface area (Å²) in [5.41, 5.74) is 0.963. The van der Waals surface area contributed by atoms with Crippen LogP contribution in [0.25, 0.3) is 0 Å². The van der Waals surface area contributed by atoms with E-state index in [0.29, 0.717) is 22.0 Å². The predicted octanol–water partition coefficient (Wildman–Crippen LogP) is 2.62. The number of halogens is 1. The summed E-state index contributed by atoms with van der Waals surface area (Å²) in [7, 11) is -2.08. The first-order valence-electron chi connectivity index (χ1n) is 8.48. The SMILES string of the molecule is COc1ccc(OCCNC(=O)CN(c2cccc(Cl)c2C)S(C)(=O)=O)cc1. The van der Waals surface area contributed by atoms with E-state index < -0.39 is 15.9 Å². The van der Waals surface area contributed by atoms with E-state index >= 15 is 0 Å². The van der Waals surface area contributed by atoms with Gasteiger partial charge in [0.1, 0.15) is 24.7 Å². The number of benzene rings is 2. The molecule has 2 aromatic carbocycles. The van der Waals surface area contributed by atoms with Crippen LogP contribution in [0.15, 0.2) is 42.5 Å². The Morgan fingerprint density at radius 3 is 2.39 bits per heavy atom. The molecule has 0 aliphatic heterocycles. The first-order valence-corrected chi connectivity index (χ1v) is 10.7. The summed E-state index contributed by atoms with van der Waals surface area (Å²) in [4.78, 5) is 12.2. The van der Waals surface area contributed by atoms with Crippen molar-refractivity contribution in [2.75, 3.05) is 37.4 Å². The first-order chi connectivity index (χ1) is 13.2. The quantitative estimate of drug-likeness (QED) is 0.623. The van der Waals surface area contributed by atoms with Crippen molar-refractivity contribution in [1.29, 1.82) is 0 Å². The van der Waals surface area contributed by atoms with Crippen LogP contribution in [0.3, 0.4) is 0 Å². The lowest BCUT2D eigenvalue weighted by Crippen LogP contribution is -2.41. The minimum atomic E-state index is -3.66. The van der Waals surface area contributed by atoms with Crippen molar-refractivity contribution in [3.63, 3.8) is 0 Å². The molecule has 0 aliphatic carbocycles. The van der Waals surface area contributed by atoms with Crippen LogP contribution in [0.2, 0.25) is 5.02 Å². The minimum absolute atomic E-state index is 0.233. The zero-order valence-electron chi connectivity index (χ0n) is 15.9. The molecule has 0 saturated heterocycles. The van der Waals surface area contributed by atoms with E-state index in [2.05, 4.69) is 5.32 Å². The molecule has 2 rings (SSSR count). The van der Waals surface area contributed by atoms with Crippen LogP contribution in [0.5, 0.6) is 11.5 Å². The van der Waals surface area contributed by atoms with E-state index in [9.17, 15) is 13.2 Å². The largest absolute Gasteiger partial charge is 0.497 e. The van der Waals surface area contributed by atoms with Gasteiger partial charge in [0.25, 0.3) is 0 Å². The van der Waals surface area contributed by atoms with Gasteiger partial charge in [-0.1, -0.05) is 17.7 Å². The molecule has 7 nitrogen and oxygen atoms in total. The molecule has 0 heterocycles. The van der Waals surface area contributed by atoms with Crippen molar-refractivity contribution in [3.8, 4) is 11.5 Å². The molecule has 2 aromatic rings. The highest BCUT2D eigenvalue weighted by molar-refractivity contribution is 7.92. The van der Waals surface area contributed by atoms with Crippen LogP contribution in [-0.4, -0.2) is 47.4 Å². The van der Waals surface area contributed by atoms with Crippen LogP contribution in [0, 0.1) is 6.92 Å². The molecule has 0 saturated carbocycles. The van der Waals surface area contributed by atoms with E-state index in [1.165, 1.54) is 0 Å². The normalized spacial score (nSPS) is 11.0. The highest BCUT2D eigenvalue weighted by Gasteiger charge is 2.22. The fourth-order valence-electron chi connectivity index (χ4n) is 2.46. The first kappa shape index (κ1) is 21.8. The Morgan fingerprint density at radius 2 is 1.79 bits per heavy atom. The third kappa shape index (κ3) is 6.03. The number of carbonyl (C=O) groups is 1. The zero-order valence-corrected chi connectivity index (χ0v) is 17.5. The van der Waals surface area contributed by atoms with Gasteiger partial charge < -0.3 is 14.8 Å². The maximum Gasteiger partial charge on any atom is 0.240 e. The van der Waals surface area contributed by atoms with E-state index in [-0.39, 0.29) is 19.7 Å². The maximum absolute atomic E-state index is 12.2. The number of carbonyl (C=O) groups excluding carboxylic acids is 1. The lowest BCUT2D eigenvalue weighted by Gasteiger charge is -2.24.